The van der Waals surface area contributed by atoms with E-state index in [1.165, 1.54) is 48.8 Å². The Morgan fingerprint density at radius 3 is 3.08 bits per heavy atom. The predicted molar refractivity (Wildman–Crippen MR) is 103 cm³/mol. The third-order valence-corrected chi connectivity index (χ3v) is 7.57. The Kier molecular flexibility index (Phi) is 5.49. The van der Waals surface area contributed by atoms with Crippen LogP contribution in [0.15, 0.2) is 27.2 Å². The van der Waals surface area contributed by atoms with E-state index in [9.17, 15) is 4.79 Å². The molecule has 0 radical (unpaired) electrons. The number of carbonyl (C=O) groups is 1. The molecule has 2 aliphatic carbocycles. The zero-order valence-corrected chi connectivity index (χ0v) is 16.4. The molecule has 8 heteroatoms. The molecule has 4 atom stereocenters. The van der Waals surface area contributed by atoms with Crippen molar-refractivity contribution in [1.82, 2.24) is 15.5 Å². The first-order chi connectivity index (χ1) is 12.7. The summed E-state index contributed by atoms with van der Waals surface area (Å²) in [5.74, 6) is 3.73. The van der Waals surface area contributed by atoms with Gasteiger partial charge in [-0.25, -0.2) is 0 Å². The molecule has 2 fully saturated rings. The molecular weight excluding hydrogens is 368 g/mol. The van der Waals surface area contributed by atoms with Gasteiger partial charge in [0.25, 0.3) is 0 Å². The highest BCUT2D eigenvalue weighted by molar-refractivity contribution is 8.01. The van der Waals surface area contributed by atoms with E-state index in [1.54, 1.807) is 6.26 Å². The standard InChI is InChI=1S/C18H24N4O2S2/c1-11(15-8-12-4-5-13(15)7-12)20-16(23)10-25-18-22-21-17(26-18)19-9-14-3-2-6-24-14/h2-3,6,11-13,15H,4-5,7-10H2,1H3,(H,19,21)(H,20,23)/t11-,12-,13-,15+/m0/s1. The average molecular weight is 393 g/mol. The molecule has 4 rings (SSSR count). The maximum absolute atomic E-state index is 12.3. The molecule has 2 aromatic rings. The number of furan rings is 1. The second kappa shape index (κ2) is 8.00. The molecular formula is C18H24N4O2S2. The van der Waals surface area contributed by atoms with Gasteiger partial charge in [0, 0.05) is 6.04 Å². The number of fused-ring (bicyclic) bond motifs is 2. The van der Waals surface area contributed by atoms with Gasteiger partial charge < -0.3 is 15.1 Å². The number of aromatic nitrogens is 2. The van der Waals surface area contributed by atoms with Crippen LogP contribution in [0.3, 0.4) is 0 Å². The molecule has 6 nitrogen and oxygen atoms in total. The first-order valence-corrected chi connectivity index (χ1v) is 11.0. The third kappa shape index (κ3) is 4.23. The van der Waals surface area contributed by atoms with Crippen LogP contribution >= 0.6 is 23.1 Å². The van der Waals surface area contributed by atoms with Crippen molar-refractivity contribution in [2.75, 3.05) is 11.1 Å². The Balaban J connectivity index is 1.19. The molecule has 0 spiro atoms. The van der Waals surface area contributed by atoms with E-state index >= 15 is 0 Å². The fourth-order valence-corrected chi connectivity index (χ4v) is 5.91. The van der Waals surface area contributed by atoms with Crippen molar-refractivity contribution in [2.24, 2.45) is 17.8 Å². The Hall–Kier alpha value is -1.54. The van der Waals surface area contributed by atoms with E-state index in [0.717, 1.165) is 27.1 Å². The van der Waals surface area contributed by atoms with Crippen LogP contribution in [0.1, 0.15) is 38.4 Å². The van der Waals surface area contributed by atoms with Gasteiger partial charge in [-0.15, -0.1) is 10.2 Å². The lowest BCUT2D eigenvalue weighted by Crippen LogP contribution is -2.40. The van der Waals surface area contributed by atoms with Gasteiger partial charge >= 0.3 is 0 Å². The van der Waals surface area contributed by atoms with E-state index in [1.807, 2.05) is 12.1 Å². The average Bonchev–Trinajstić information content (AvgIpc) is 3.43. The van der Waals surface area contributed by atoms with Gasteiger partial charge in [-0.2, -0.15) is 0 Å². The van der Waals surface area contributed by atoms with Crippen LogP contribution in [-0.2, 0) is 11.3 Å². The molecule has 2 aromatic heterocycles. The van der Waals surface area contributed by atoms with Crippen molar-refractivity contribution in [3.05, 3.63) is 24.2 Å². The molecule has 2 saturated carbocycles. The molecule has 0 aromatic carbocycles. The van der Waals surface area contributed by atoms with Crippen LogP contribution in [0.5, 0.6) is 0 Å². The quantitative estimate of drug-likeness (QED) is 0.666. The van der Waals surface area contributed by atoms with Gasteiger partial charge in [0.2, 0.25) is 11.0 Å². The smallest absolute Gasteiger partial charge is 0.230 e. The van der Waals surface area contributed by atoms with Crippen molar-refractivity contribution < 1.29 is 9.21 Å². The lowest BCUT2D eigenvalue weighted by atomic mass is 9.84. The number of nitrogens with zero attached hydrogens (tertiary/aromatic N) is 2. The molecule has 26 heavy (non-hydrogen) atoms. The van der Waals surface area contributed by atoms with Crippen molar-refractivity contribution in [3.8, 4) is 0 Å². The molecule has 2 heterocycles. The number of nitrogens with one attached hydrogen (secondary N) is 2. The molecule has 0 aliphatic heterocycles. The Morgan fingerprint density at radius 1 is 1.42 bits per heavy atom. The summed E-state index contributed by atoms with van der Waals surface area (Å²) in [6, 6.07) is 4.04. The third-order valence-electron chi connectivity index (χ3n) is 5.55. The number of anilines is 1. The number of carbonyl (C=O) groups excluding carboxylic acids is 1. The van der Waals surface area contributed by atoms with Crippen molar-refractivity contribution in [3.63, 3.8) is 0 Å². The SMILES string of the molecule is C[C@H](NC(=O)CSc1nnc(NCc2ccco2)s1)[C@H]1C[C@H]2CC[C@H]1C2. The maximum atomic E-state index is 12.3. The molecule has 2 bridgehead atoms. The zero-order chi connectivity index (χ0) is 17.9. The van der Waals surface area contributed by atoms with Crippen molar-refractivity contribution in [1.29, 1.82) is 0 Å². The molecule has 0 saturated heterocycles. The number of hydrogen-bond acceptors (Lipinski definition) is 7. The van der Waals surface area contributed by atoms with E-state index in [0.29, 0.717) is 18.2 Å². The number of rotatable bonds is 8. The van der Waals surface area contributed by atoms with Gasteiger partial charge in [0.15, 0.2) is 4.34 Å². The highest BCUT2D eigenvalue weighted by Crippen LogP contribution is 2.49. The Morgan fingerprint density at radius 2 is 2.35 bits per heavy atom. The zero-order valence-electron chi connectivity index (χ0n) is 14.8. The van der Waals surface area contributed by atoms with Crippen LogP contribution < -0.4 is 10.6 Å². The summed E-state index contributed by atoms with van der Waals surface area (Å²) in [5, 5.41) is 15.3. The molecule has 2 N–H and O–H groups in total. The lowest BCUT2D eigenvalue weighted by Gasteiger charge is -2.28. The molecule has 0 unspecified atom stereocenters. The van der Waals surface area contributed by atoms with Gasteiger partial charge in [-0.1, -0.05) is 29.5 Å². The summed E-state index contributed by atoms with van der Waals surface area (Å²) >= 11 is 2.90. The summed E-state index contributed by atoms with van der Waals surface area (Å²) in [5.41, 5.74) is 0. The van der Waals surface area contributed by atoms with Crippen LogP contribution in [0, 0.1) is 17.8 Å². The minimum atomic E-state index is 0.0885. The fourth-order valence-electron chi connectivity index (χ4n) is 4.35. The summed E-state index contributed by atoms with van der Waals surface area (Å²) in [6.07, 6.45) is 7.06. The first kappa shape index (κ1) is 17.9. The van der Waals surface area contributed by atoms with Crippen LogP contribution in [0.25, 0.3) is 0 Å². The summed E-state index contributed by atoms with van der Waals surface area (Å²) in [6.45, 7) is 2.74. The van der Waals surface area contributed by atoms with Gasteiger partial charge in [-0.3, -0.25) is 4.79 Å². The van der Waals surface area contributed by atoms with Crippen LogP contribution in [-0.4, -0.2) is 27.9 Å². The largest absolute Gasteiger partial charge is 0.467 e. The first-order valence-electron chi connectivity index (χ1n) is 9.19. The highest BCUT2D eigenvalue weighted by Gasteiger charge is 2.42. The van der Waals surface area contributed by atoms with E-state index in [2.05, 4.69) is 27.8 Å². The van der Waals surface area contributed by atoms with Crippen molar-refractivity contribution >= 4 is 34.1 Å². The topological polar surface area (TPSA) is 80.0 Å². The Labute approximate surface area is 161 Å². The minimum absolute atomic E-state index is 0.0885. The van der Waals surface area contributed by atoms with E-state index < -0.39 is 0 Å². The molecule has 1 amide bonds. The number of thioether (sulfide) groups is 1. The normalized spacial score (nSPS) is 25.3. The Bertz CT molecular complexity index is 733. The number of hydrogen-bond donors (Lipinski definition) is 2. The highest BCUT2D eigenvalue weighted by atomic mass is 32.2. The van der Waals surface area contributed by atoms with Crippen LogP contribution in [0.4, 0.5) is 5.13 Å². The predicted octanol–water partition coefficient (Wildman–Crippen LogP) is 3.78. The molecule has 2 aliphatic rings. The van der Waals surface area contributed by atoms with E-state index in [4.69, 9.17) is 4.42 Å². The second-order valence-corrected chi connectivity index (χ2v) is 9.49. The second-order valence-electron chi connectivity index (χ2n) is 7.29. The van der Waals surface area contributed by atoms with Gasteiger partial charge in [-0.05, 0) is 56.1 Å². The molecule has 140 valence electrons. The van der Waals surface area contributed by atoms with Gasteiger partial charge in [0.05, 0.1) is 18.6 Å². The summed E-state index contributed by atoms with van der Waals surface area (Å²) in [4.78, 5) is 12.3. The van der Waals surface area contributed by atoms with E-state index in [-0.39, 0.29) is 11.9 Å². The fraction of sp³-hybridized carbons (Fsp3) is 0.611. The minimum Gasteiger partial charge on any atom is -0.467 e. The number of amides is 1. The maximum Gasteiger partial charge on any atom is 0.230 e. The van der Waals surface area contributed by atoms with Gasteiger partial charge in [0.1, 0.15) is 5.76 Å². The lowest BCUT2D eigenvalue weighted by molar-refractivity contribution is -0.119. The van der Waals surface area contributed by atoms with Crippen molar-refractivity contribution in [2.45, 2.75) is 49.5 Å². The van der Waals surface area contributed by atoms with Crippen LogP contribution in [0.2, 0.25) is 0 Å². The summed E-state index contributed by atoms with van der Waals surface area (Å²) < 4.78 is 6.07. The summed E-state index contributed by atoms with van der Waals surface area (Å²) in [7, 11) is 0. The monoisotopic (exact) mass is 392 g/mol.